The fraction of sp³-hybridized carbons (Fsp3) is 0.321. The van der Waals surface area contributed by atoms with Crippen LogP contribution in [0.15, 0.2) is 82.6 Å². The smallest absolute Gasteiger partial charge is 0.244 e. The Labute approximate surface area is 230 Å². The van der Waals surface area contributed by atoms with E-state index in [1.54, 1.807) is 31.2 Å². The zero-order valence-electron chi connectivity index (χ0n) is 22.0. The van der Waals surface area contributed by atoms with Crippen molar-refractivity contribution in [2.45, 2.75) is 48.6 Å². The molecule has 3 aromatic carbocycles. The number of rotatable bonds is 11. The van der Waals surface area contributed by atoms with E-state index in [0.717, 1.165) is 24.0 Å². The number of carbonyl (C=O) groups excluding carboxylic acids is 1. The summed E-state index contributed by atoms with van der Waals surface area (Å²) in [5.74, 6) is -0.334. The molecule has 1 aliphatic rings. The number of nitrogens with zero attached hydrogens (tertiary/aromatic N) is 1. The second-order valence-electron chi connectivity index (χ2n) is 9.49. The molecule has 0 bridgehead atoms. The van der Waals surface area contributed by atoms with E-state index in [1.165, 1.54) is 29.6 Å². The molecule has 1 fully saturated rings. The lowest BCUT2D eigenvalue weighted by Crippen LogP contribution is -2.47. The quantitative estimate of drug-likeness (QED) is 0.365. The molecule has 9 nitrogen and oxygen atoms in total. The fourth-order valence-electron chi connectivity index (χ4n) is 4.45. The standard InChI is InChI=1S/C28H33N3O6S2/c1-21-10-15-26(37-2)27(18-21)38(33,34)30-25(19-22-8-4-3-5-9-22)28(32)29-20-23-11-13-24(14-12-23)39(35,36)31-16-6-7-17-31/h3-5,8-15,18,25,30H,6-7,16-17,19-20H2,1-2H3,(H,29,32). The molecule has 4 rings (SSSR count). The Hall–Kier alpha value is -3.25. The van der Waals surface area contributed by atoms with Crippen LogP contribution in [0, 0.1) is 6.92 Å². The summed E-state index contributed by atoms with van der Waals surface area (Å²) in [4.78, 5) is 13.4. The molecule has 1 saturated heterocycles. The number of nitrogens with one attached hydrogen (secondary N) is 2. The van der Waals surface area contributed by atoms with Crippen LogP contribution in [0.25, 0.3) is 0 Å². The van der Waals surface area contributed by atoms with Crippen molar-refractivity contribution in [3.05, 3.63) is 89.5 Å². The molecule has 1 amide bonds. The zero-order chi connectivity index (χ0) is 28.0. The summed E-state index contributed by atoms with van der Waals surface area (Å²) < 4.78 is 61.5. The van der Waals surface area contributed by atoms with Gasteiger partial charge in [0.1, 0.15) is 16.7 Å². The molecule has 0 spiro atoms. The van der Waals surface area contributed by atoms with Gasteiger partial charge in [-0.15, -0.1) is 0 Å². The van der Waals surface area contributed by atoms with Crippen LogP contribution in [0.3, 0.4) is 0 Å². The Morgan fingerprint density at radius 1 is 0.923 bits per heavy atom. The van der Waals surface area contributed by atoms with Crippen molar-refractivity contribution in [3.8, 4) is 5.75 Å². The maximum absolute atomic E-state index is 13.4. The third kappa shape index (κ3) is 7.04. The van der Waals surface area contributed by atoms with E-state index >= 15 is 0 Å². The summed E-state index contributed by atoms with van der Waals surface area (Å²) in [6, 6.07) is 19.2. The van der Waals surface area contributed by atoms with Crippen molar-refractivity contribution in [3.63, 3.8) is 0 Å². The van der Waals surface area contributed by atoms with Crippen molar-refractivity contribution in [2.24, 2.45) is 0 Å². The molecule has 39 heavy (non-hydrogen) atoms. The van der Waals surface area contributed by atoms with Crippen LogP contribution >= 0.6 is 0 Å². The van der Waals surface area contributed by atoms with Gasteiger partial charge >= 0.3 is 0 Å². The number of hydrogen-bond donors (Lipinski definition) is 2. The van der Waals surface area contributed by atoms with E-state index in [2.05, 4.69) is 10.0 Å². The van der Waals surface area contributed by atoms with Crippen LogP contribution in [-0.4, -0.2) is 53.3 Å². The number of sulfonamides is 2. The van der Waals surface area contributed by atoms with Crippen LogP contribution in [0.4, 0.5) is 0 Å². The van der Waals surface area contributed by atoms with Gasteiger partial charge in [-0.05, 0) is 67.1 Å². The van der Waals surface area contributed by atoms with Crippen LogP contribution in [0.5, 0.6) is 5.75 Å². The molecular weight excluding hydrogens is 538 g/mol. The molecule has 0 aliphatic carbocycles. The highest BCUT2D eigenvalue weighted by atomic mass is 32.2. The average Bonchev–Trinajstić information content (AvgIpc) is 3.48. The molecule has 1 heterocycles. The summed E-state index contributed by atoms with van der Waals surface area (Å²) in [5, 5.41) is 2.79. The average molecular weight is 572 g/mol. The Balaban J connectivity index is 1.50. The molecule has 0 aromatic heterocycles. The molecule has 11 heteroatoms. The summed E-state index contributed by atoms with van der Waals surface area (Å²) in [7, 11) is -6.25. The van der Waals surface area contributed by atoms with Crippen LogP contribution in [0.2, 0.25) is 0 Å². The second kappa shape index (κ2) is 12.3. The topological polar surface area (TPSA) is 122 Å². The Morgan fingerprint density at radius 3 is 2.23 bits per heavy atom. The Morgan fingerprint density at radius 2 is 1.59 bits per heavy atom. The van der Waals surface area contributed by atoms with Gasteiger partial charge in [-0.3, -0.25) is 4.79 Å². The minimum Gasteiger partial charge on any atom is -0.495 e. The van der Waals surface area contributed by atoms with Crippen molar-refractivity contribution in [1.82, 2.24) is 14.3 Å². The van der Waals surface area contributed by atoms with Gasteiger partial charge in [0.05, 0.1) is 12.0 Å². The summed E-state index contributed by atoms with van der Waals surface area (Å²) >= 11 is 0. The predicted molar refractivity (Wildman–Crippen MR) is 148 cm³/mol. The first-order valence-corrected chi connectivity index (χ1v) is 15.6. The van der Waals surface area contributed by atoms with Gasteiger partial charge in [-0.1, -0.05) is 48.5 Å². The van der Waals surface area contributed by atoms with Crippen LogP contribution in [-0.2, 0) is 37.8 Å². The molecule has 1 atom stereocenters. The minimum atomic E-state index is -4.11. The third-order valence-corrected chi connectivity index (χ3v) is 10.0. The first-order valence-electron chi connectivity index (χ1n) is 12.7. The van der Waals surface area contributed by atoms with Gasteiger partial charge in [0.2, 0.25) is 26.0 Å². The highest BCUT2D eigenvalue weighted by Crippen LogP contribution is 2.25. The Bertz CT molecular complexity index is 1500. The van der Waals surface area contributed by atoms with Crippen molar-refractivity contribution < 1.29 is 26.4 Å². The molecule has 1 unspecified atom stereocenters. The van der Waals surface area contributed by atoms with Gasteiger partial charge in [0, 0.05) is 19.6 Å². The number of hydrogen-bond acceptors (Lipinski definition) is 6. The fourth-order valence-corrected chi connectivity index (χ4v) is 7.42. The predicted octanol–water partition coefficient (Wildman–Crippen LogP) is 2.99. The summed E-state index contributed by atoms with van der Waals surface area (Å²) in [5.41, 5.74) is 2.20. The van der Waals surface area contributed by atoms with E-state index in [9.17, 15) is 21.6 Å². The number of aryl methyl sites for hydroxylation is 1. The third-order valence-electron chi connectivity index (χ3n) is 6.60. The highest BCUT2D eigenvalue weighted by Gasteiger charge is 2.29. The normalized spacial score (nSPS) is 15.1. The van der Waals surface area contributed by atoms with Crippen LogP contribution in [0.1, 0.15) is 29.5 Å². The minimum absolute atomic E-state index is 0.0503. The number of carbonyl (C=O) groups is 1. The van der Waals surface area contributed by atoms with E-state index in [4.69, 9.17) is 4.74 Å². The molecule has 3 aromatic rings. The summed E-state index contributed by atoms with van der Waals surface area (Å²) in [6.45, 7) is 2.92. The first-order chi connectivity index (χ1) is 18.6. The van der Waals surface area contributed by atoms with E-state index in [-0.39, 0.29) is 28.5 Å². The molecular formula is C28H33N3O6S2. The molecule has 2 N–H and O–H groups in total. The Kier molecular flexibility index (Phi) is 9.06. The lowest BCUT2D eigenvalue weighted by molar-refractivity contribution is -0.122. The van der Waals surface area contributed by atoms with Gasteiger partial charge in [0.25, 0.3) is 0 Å². The van der Waals surface area contributed by atoms with Gasteiger partial charge in [0.15, 0.2) is 0 Å². The SMILES string of the molecule is COc1ccc(C)cc1S(=O)(=O)NC(Cc1ccccc1)C(=O)NCc1ccc(S(=O)(=O)N2CCCC2)cc1. The van der Waals surface area contributed by atoms with Crippen molar-refractivity contribution >= 4 is 26.0 Å². The number of benzene rings is 3. The highest BCUT2D eigenvalue weighted by molar-refractivity contribution is 7.89. The van der Waals surface area contributed by atoms with E-state index in [0.29, 0.717) is 18.7 Å². The monoisotopic (exact) mass is 571 g/mol. The van der Waals surface area contributed by atoms with Gasteiger partial charge < -0.3 is 10.1 Å². The zero-order valence-corrected chi connectivity index (χ0v) is 23.6. The molecule has 0 radical (unpaired) electrons. The maximum atomic E-state index is 13.4. The second-order valence-corrected chi connectivity index (χ2v) is 13.1. The van der Waals surface area contributed by atoms with Crippen molar-refractivity contribution in [2.75, 3.05) is 20.2 Å². The van der Waals surface area contributed by atoms with Gasteiger partial charge in [-0.25, -0.2) is 16.8 Å². The van der Waals surface area contributed by atoms with Gasteiger partial charge in [-0.2, -0.15) is 9.03 Å². The molecule has 208 valence electrons. The largest absolute Gasteiger partial charge is 0.495 e. The number of amides is 1. The number of methoxy groups -OCH3 is 1. The first kappa shape index (κ1) is 28.8. The number of ether oxygens (including phenoxy) is 1. The summed E-state index contributed by atoms with van der Waals surface area (Å²) in [6.07, 6.45) is 1.84. The maximum Gasteiger partial charge on any atom is 0.244 e. The van der Waals surface area contributed by atoms with E-state index in [1.807, 2.05) is 30.3 Å². The van der Waals surface area contributed by atoms with E-state index < -0.39 is 32.0 Å². The molecule has 1 aliphatic heterocycles. The molecule has 0 saturated carbocycles. The van der Waals surface area contributed by atoms with Crippen LogP contribution < -0.4 is 14.8 Å². The van der Waals surface area contributed by atoms with Crippen molar-refractivity contribution in [1.29, 1.82) is 0 Å². The lowest BCUT2D eigenvalue weighted by Gasteiger charge is -2.20. The lowest BCUT2D eigenvalue weighted by atomic mass is 10.1.